The number of pyridine rings is 1. The van der Waals surface area contributed by atoms with E-state index in [0.29, 0.717) is 24.4 Å². The summed E-state index contributed by atoms with van der Waals surface area (Å²) in [4.78, 5) is 21.8. The van der Waals surface area contributed by atoms with Gasteiger partial charge in [0.25, 0.3) is 0 Å². The summed E-state index contributed by atoms with van der Waals surface area (Å²) in [7, 11) is -1.27. The van der Waals surface area contributed by atoms with Gasteiger partial charge in [0.2, 0.25) is 0 Å². The van der Waals surface area contributed by atoms with Crippen LogP contribution in [-0.4, -0.2) is 46.7 Å². The number of ether oxygens (including phenoxy) is 1. The van der Waals surface area contributed by atoms with Crippen LogP contribution in [0.1, 0.15) is 23.5 Å². The molecule has 2 heterocycles. The van der Waals surface area contributed by atoms with E-state index in [4.69, 9.17) is 9.72 Å². The van der Waals surface area contributed by atoms with E-state index in [9.17, 15) is 14.3 Å². The van der Waals surface area contributed by atoms with Crippen molar-refractivity contribution in [3.8, 4) is 22.5 Å². The van der Waals surface area contributed by atoms with E-state index in [2.05, 4.69) is 24.6 Å². The predicted molar refractivity (Wildman–Crippen MR) is 126 cm³/mol. The van der Waals surface area contributed by atoms with E-state index >= 15 is 0 Å². The summed E-state index contributed by atoms with van der Waals surface area (Å²) in [6.07, 6.45) is 3.88. The van der Waals surface area contributed by atoms with Crippen molar-refractivity contribution in [3.05, 3.63) is 60.4 Å². The van der Waals surface area contributed by atoms with Crippen molar-refractivity contribution < 1.29 is 19.0 Å². The van der Waals surface area contributed by atoms with Crippen LogP contribution in [0.4, 0.5) is 4.39 Å². The van der Waals surface area contributed by atoms with Crippen LogP contribution >= 0.6 is 0 Å². The maximum absolute atomic E-state index is 13.6. The van der Waals surface area contributed by atoms with Crippen molar-refractivity contribution in [2.45, 2.75) is 45.3 Å². The summed E-state index contributed by atoms with van der Waals surface area (Å²) in [6.45, 7) is 7.52. The quantitative estimate of drug-likeness (QED) is 0.250. The fourth-order valence-electron chi connectivity index (χ4n) is 3.29. The van der Waals surface area contributed by atoms with Crippen LogP contribution in [0, 0.1) is 5.82 Å². The van der Waals surface area contributed by atoms with E-state index < -0.39 is 8.07 Å². The highest BCUT2D eigenvalue weighted by Crippen LogP contribution is 2.33. The van der Waals surface area contributed by atoms with Crippen molar-refractivity contribution in [3.63, 3.8) is 0 Å². The van der Waals surface area contributed by atoms with E-state index in [0.717, 1.165) is 17.2 Å². The van der Waals surface area contributed by atoms with Crippen LogP contribution in [0.15, 0.2) is 48.8 Å². The number of aliphatic hydroxyl groups excluding tert-OH is 1. The standard InChI is InChI=1S/C24H30FN3O3Si/c1-32(2,3)16-15-31-17-28-23(19-6-8-20(25)9-7-19)22(18-10-12-26-13-11-18)27-24(28)21(30)5-4-14-29/h6-13,29H,4-5,14-17H2,1-3H3. The minimum Gasteiger partial charge on any atom is -0.396 e. The minimum absolute atomic E-state index is 0.0683. The second kappa shape index (κ2) is 10.8. The number of ketones is 1. The first-order valence-corrected chi connectivity index (χ1v) is 14.5. The predicted octanol–water partition coefficient (Wildman–Crippen LogP) is 5.02. The van der Waals surface area contributed by atoms with E-state index in [1.165, 1.54) is 12.1 Å². The second-order valence-corrected chi connectivity index (χ2v) is 14.5. The van der Waals surface area contributed by atoms with Gasteiger partial charge in [0.05, 0.1) is 11.4 Å². The molecule has 8 heteroatoms. The maximum Gasteiger partial charge on any atom is 0.198 e. The van der Waals surface area contributed by atoms with E-state index in [-0.39, 0.29) is 37.2 Å². The fraction of sp³-hybridized carbons (Fsp3) is 0.375. The summed E-state index contributed by atoms with van der Waals surface area (Å²) in [5, 5.41) is 9.18. The third kappa shape index (κ3) is 6.18. The van der Waals surface area contributed by atoms with Gasteiger partial charge < -0.3 is 9.84 Å². The SMILES string of the molecule is C[Si](C)(C)CCOCn1c(C(=O)CCCO)nc(-c2ccncc2)c1-c1ccc(F)cc1. The molecular formula is C24H30FN3O3Si. The number of imidazole rings is 1. The van der Waals surface area contributed by atoms with Gasteiger partial charge in [-0.05, 0) is 48.9 Å². The second-order valence-electron chi connectivity index (χ2n) is 8.90. The smallest absolute Gasteiger partial charge is 0.198 e. The number of aromatic nitrogens is 3. The average molecular weight is 456 g/mol. The van der Waals surface area contributed by atoms with Crippen LogP contribution in [-0.2, 0) is 11.5 Å². The summed E-state index contributed by atoms with van der Waals surface area (Å²) in [5.41, 5.74) is 2.84. The molecule has 0 bridgehead atoms. The third-order valence-electron chi connectivity index (χ3n) is 5.07. The summed E-state index contributed by atoms with van der Waals surface area (Å²) >= 11 is 0. The number of halogens is 1. The molecule has 0 radical (unpaired) electrons. The molecule has 2 aromatic heterocycles. The molecule has 1 aromatic carbocycles. The Morgan fingerprint density at radius 3 is 2.41 bits per heavy atom. The van der Waals surface area contributed by atoms with Gasteiger partial charge in [-0.2, -0.15) is 0 Å². The number of hydrogen-bond donors (Lipinski definition) is 1. The van der Waals surface area contributed by atoms with Crippen LogP contribution < -0.4 is 0 Å². The molecule has 0 amide bonds. The number of rotatable bonds is 11. The average Bonchev–Trinajstić information content (AvgIpc) is 3.15. The van der Waals surface area contributed by atoms with Crippen molar-refractivity contribution in [2.75, 3.05) is 13.2 Å². The highest BCUT2D eigenvalue weighted by Gasteiger charge is 2.24. The van der Waals surface area contributed by atoms with Crippen LogP contribution in [0.5, 0.6) is 0 Å². The topological polar surface area (TPSA) is 77.2 Å². The van der Waals surface area contributed by atoms with Crippen molar-refractivity contribution in [1.29, 1.82) is 0 Å². The monoisotopic (exact) mass is 455 g/mol. The number of nitrogens with zero attached hydrogens (tertiary/aromatic N) is 3. The van der Waals surface area contributed by atoms with Gasteiger partial charge in [0.1, 0.15) is 12.5 Å². The first kappa shape index (κ1) is 24.0. The molecule has 170 valence electrons. The number of carbonyl (C=O) groups excluding carboxylic acids is 1. The molecule has 32 heavy (non-hydrogen) atoms. The molecule has 3 rings (SSSR count). The Balaban J connectivity index is 2.09. The molecule has 0 saturated heterocycles. The van der Waals surface area contributed by atoms with Gasteiger partial charge in [0, 0.05) is 51.2 Å². The van der Waals surface area contributed by atoms with E-state index in [1.807, 2.05) is 12.1 Å². The third-order valence-corrected chi connectivity index (χ3v) is 6.77. The maximum atomic E-state index is 13.6. The molecule has 0 aliphatic carbocycles. The molecular weight excluding hydrogens is 425 g/mol. The Bertz CT molecular complexity index is 1030. The fourth-order valence-corrected chi connectivity index (χ4v) is 4.05. The first-order valence-electron chi connectivity index (χ1n) is 10.8. The lowest BCUT2D eigenvalue weighted by Gasteiger charge is -2.17. The largest absolute Gasteiger partial charge is 0.396 e. The molecule has 1 N–H and O–H groups in total. The normalized spacial score (nSPS) is 11.7. The zero-order valence-electron chi connectivity index (χ0n) is 18.8. The number of carbonyl (C=O) groups is 1. The molecule has 3 aromatic rings. The molecule has 0 aliphatic rings. The van der Waals surface area contributed by atoms with Gasteiger partial charge in [-0.25, -0.2) is 9.37 Å². The number of hydrogen-bond acceptors (Lipinski definition) is 5. The van der Waals surface area contributed by atoms with Gasteiger partial charge in [-0.3, -0.25) is 14.3 Å². The van der Waals surface area contributed by atoms with Crippen molar-refractivity contribution >= 4 is 13.9 Å². The van der Waals surface area contributed by atoms with Crippen molar-refractivity contribution in [2.24, 2.45) is 0 Å². The molecule has 0 fully saturated rings. The van der Waals surface area contributed by atoms with Crippen molar-refractivity contribution in [1.82, 2.24) is 14.5 Å². The molecule has 0 unspecified atom stereocenters. The van der Waals surface area contributed by atoms with Crippen LogP contribution in [0.25, 0.3) is 22.5 Å². The van der Waals surface area contributed by atoms with Gasteiger partial charge in [-0.15, -0.1) is 0 Å². The number of aliphatic hydroxyl groups is 1. The van der Waals surface area contributed by atoms with Gasteiger partial charge >= 0.3 is 0 Å². The Morgan fingerprint density at radius 2 is 1.78 bits per heavy atom. The Morgan fingerprint density at radius 1 is 1.09 bits per heavy atom. The first-order chi connectivity index (χ1) is 15.3. The lowest BCUT2D eigenvalue weighted by Crippen LogP contribution is -2.22. The van der Waals surface area contributed by atoms with Crippen LogP contribution in [0.2, 0.25) is 25.7 Å². The molecule has 6 nitrogen and oxygen atoms in total. The number of Topliss-reactive ketones (excluding diaryl/α,β-unsaturated/α-hetero) is 1. The van der Waals surface area contributed by atoms with Crippen LogP contribution in [0.3, 0.4) is 0 Å². The summed E-state index contributed by atoms with van der Waals surface area (Å²) in [6, 6.07) is 10.8. The van der Waals surface area contributed by atoms with Gasteiger partial charge in [0.15, 0.2) is 11.6 Å². The Kier molecular flexibility index (Phi) is 8.06. The molecule has 0 aliphatic heterocycles. The highest BCUT2D eigenvalue weighted by atomic mass is 28.3. The summed E-state index contributed by atoms with van der Waals surface area (Å²) < 4.78 is 21.4. The Labute approximate surface area is 189 Å². The highest BCUT2D eigenvalue weighted by molar-refractivity contribution is 6.76. The lowest BCUT2D eigenvalue weighted by atomic mass is 10.1. The molecule has 0 spiro atoms. The molecule has 0 atom stereocenters. The minimum atomic E-state index is -1.27. The Hall–Kier alpha value is -2.68. The zero-order chi connectivity index (χ0) is 23.1. The molecule has 0 saturated carbocycles. The van der Waals surface area contributed by atoms with Gasteiger partial charge in [-0.1, -0.05) is 19.6 Å². The number of benzene rings is 1. The van der Waals surface area contributed by atoms with E-state index in [1.54, 1.807) is 29.1 Å². The lowest BCUT2D eigenvalue weighted by molar-refractivity contribution is 0.0799. The summed E-state index contributed by atoms with van der Waals surface area (Å²) in [5.74, 6) is -0.231. The zero-order valence-corrected chi connectivity index (χ0v) is 19.8.